The highest BCUT2D eigenvalue weighted by atomic mass is 16.5. The van der Waals surface area contributed by atoms with Crippen LogP contribution in [0.2, 0.25) is 0 Å². The number of rotatable bonds is 7. The quantitative estimate of drug-likeness (QED) is 0.716. The van der Waals surface area contributed by atoms with Gasteiger partial charge in [0, 0.05) is 13.1 Å². The fourth-order valence-corrected chi connectivity index (χ4v) is 1.62. The first-order valence-corrected chi connectivity index (χ1v) is 6.24. The molecule has 1 aromatic rings. The Morgan fingerprint density at radius 2 is 2.18 bits per heavy atom. The van der Waals surface area contributed by atoms with Crippen molar-refractivity contribution in [2.24, 2.45) is 0 Å². The molecule has 0 spiro atoms. The summed E-state index contributed by atoms with van der Waals surface area (Å²) in [5.74, 6) is 0.914. The van der Waals surface area contributed by atoms with E-state index in [0.29, 0.717) is 6.61 Å². The molecule has 98 valence electrons. The van der Waals surface area contributed by atoms with Gasteiger partial charge in [-0.15, -0.1) is 0 Å². The van der Waals surface area contributed by atoms with Crippen molar-refractivity contribution in [2.75, 3.05) is 24.2 Å². The Kier molecular flexibility index (Phi) is 5.28. The lowest BCUT2D eigenvalue weighted by Crippen LogP contribution is -2.16. The van der Waals surface area contributed by atoms with Crippen LogP contribution in [0, 0.1) is 6.92 Å². The summed E-state index contributed by atoms with van der Waals surface area (Å²) in [6.07, 6.45) is 1.30. The van der Waals surface area contributed by atoms with Gasteiger partial charge in [-0.3, -0.25) is 0 Å². The molecule has 1 aromatic heterocycles. The molecule has 0 fully saturated rings. The van der Waals surface area contributed by atoms with Gasteiger partial charge in [-0.1, -0.05) is 6.92 Å². The van der Waals surface area contributed by atoms with Crippen LogP contribution >= 0.6 is 0 Å². The van der Waals surface area contributed by atoms with Gasteiger partial charge in [0.1, 0.15) is 5.82 Å². The van der Waals surface area contributed by atoms with Crippen LogP contribution in [0.1, 0.15) is 32.9 Å². The second-order valence-electron chi connectivity index (χ2n) is 4.42. The second-order valence-corrected chi connectivity index (χ2v) is 4.42. The van der Waals surface area contributed by atoms with E-state index in [-0.39, 0.29) is 6.10 Å². The molecule has 0 aliphatic rings. The fraction of sp³-hybridized carbons (Fsp3) is 0.750. The van der Waals surface area contributed by atoms with Crippen molar-refractivity contribution in [2.45, 2.75) is 46.8 Å². The minimum absolute atomic E-state index is 0.261. The average Bonchev–Trinajstić information content (AvgIpc) is 2.51. The van der Waals surface area contributed by atoms with E-state index in [1.54, 1.807) is 0 Å². The molecule has 0 aliphatic heterocycles. The monoisotopic (exact) mass is 240 g/mol. The normalized spacial score (nSPS) is 11.1. The number of aryl methyl sites for hydroxylation is 2. The van der Waals surface area contributed by atoms with E-state index in [0.717, 1.165) is 36.7 Å². The largest absolute Gasteiger partial charge is 0.394 e. The highest BCUT2D eigenvalue weighted by Gasteiger charge is 2.11. The second kappa shape index (κ2) is 6.49. The Hall–Kier alpha value is -1.23. The van der Waals surface area contributed by atoms with Crippen LogP contribution in [-0.4, -0.2) is 29.0 Å². The number of nitrogens with zero attached hydrogens (tertiary/aromatic N) is 2. The van der Waals surface area contributed by atoms with E-state index in [1.807, 2.05) is 25.5 Å². The predicted molar refractivity (Wildman–Crippen MR) is 71.2 cm³/mol. The van der Waals surface area contributed by atoms with Crippen molar-refractivity contribution in [3.63, 3.8) is 0 Å². The highest BCUT2D eigenvalue weighted by Crippen LogP contribution is 2.22. The van der Waals surface area contributed by atoms with Gasteiger partial charge in [-0.2, -0.15) is 5.10 Å². The molecule has 0 atom stereocenters. The molecule has 0 saturated carbocycles. The smallest absolute Gasteiger partial charge is 0.148 e. The molecular formula is C12H24N4O. The molecule has 1 heterocycles. The van der Waals surface area contributed by atoms with Gasteiger partial charge < -0.3 is 15.8 Å². The zero-order valence-corrected chi connectivity index (χ0v) is 11.3. The zero-order chi connectivity index (χ0) is 12.8. The minimum Gasteiger partial charge on any atom is -0.394 e. The minimum atomic E-state index is 0.261. The summed E-state index contributed by atoms with van der Waals surface area (Å²) in [4.78, 5) is 0. The Labute approximate surface area is 103 Å². The molecule has 0 aliphatic carbocycles. The van der Waals surface area contributed by atoms with Crippen molar-refractivity contribution in [1.29, 1.82) is 0 Å². The summed E-state index contributed by atoms with van der Waals surface area (Å²) in [5.41, 5.74) is 7.61. The lowest BCUT2D eigenvalue weighted by molar-refractivity contribution is 0.0870. The van der Waals surface area contributed by atoms with Gasteiger partial charge in [-0.25, -0.2) is 4.68 Å². The van der Waals surface area contributed by atoms with Crippen LogP contribution in [0.4, 0.5) is 11.5 Å². The first-order chi connectivity index (χ1) is 8.06. The van der Waals surface area contributed by atoms with Crippen LogP contribution in [-0.2, 0) is 11.3 Å². The third-order valence-corrected chi connectivity index (χ3v) is 2.45. The highest BCUT2D eigenvalue weighted by molar-refractivity contribution is 5.64. The van der Waals surface area contributed by atoms with E-state index in [2.05, 4.69) is 17.3 Å². The summed E-state index contributed by atoms with van der Waals surface area (Å²) in [6, 6.07) is 0. The Bertz CT molecular complexity index is 347. The molecule has 0 unspecified atom stereocenters. The third-order valence-electron chi connectivity index (χ3n) is 2.45. The molecule has 3 N–H and O–H groups in total. The first-order valence-electron chi connectivity index (χ1n) is 6.24. The number of hydrogen-bond acceptors (Lipinski definition) is 4. The number of anilines is 2. The van der Waals surface area contributed by atoms with E-state index >= 15 is 0 Å². The molecule has 5 nitrogen and oxygen atoms in total. The molecule has 0 bridgehead atoms. The van der Waals surface area contributed by atoms with Gasteiger partial charge in [-0.05, 0) is 27.2 Å². The van der Waals surface area contributed by atoms with Crippen LogP contribution in [0.3, 0.4) is 0 Å². The van der Waals surface area contributed by atoms with Crippen LogP contribution in [0.25, 0.3) is 0 Å². The zero-order valence-electron chi connectivity index (χ0n) is 11.3. The van der Waals surface area contributed by atoms with Gasteiger partial charge >= 0.3 is 0 Å². The summed E-state index contributed by atoms with van der Waals surface area (Å²) in [5, 5.41) is 7.70. The van der Waals surface area contributed by atoms with Gasteiger partial charge in [0.15, 0.2) is 0 Å². The average molecular weight is 240 g/mol. The van der Waals surface area contributed by atoms with Gasteiger partial charge in [0.05, 0.1) is 24.1 Å². The number of nitrogens with two attached hydrogens (primary N) is 1. The standard InChI is InChI=1S/C12H24N4O/c1-5-7-16-12(11(13)10(4)15-16)14-6-8-17-9(2)3/h9,14H,5-8,13H2,1-4H3. The Morgan fingerprint density at radius 1 is 1.47 bits per heavy atom. The predicted octanol–water partition coefficient (Wildman–Crippen LogP) is 2.02. The number of hydrogen-bond donors (Lipinski definition) is 2. The number of nitrogen functional groups attached to an aromatic ring is 1. The first kappa shape index (κ1) is 13.8. The summed E-state index contributed by atoms with van der Waals surface area (Å²) in [6.45, 7) is 10.4. The lowest BCUT2D eigenvalue weighted by Gasteiger charge is -2.11. The van der Waals surface area contributed by atoms with Gasteiger partial charge in [0.2, 0.25) is 0 Å². The molecule has 0 radical (unpaired) electrons. The van der Waals surface area contributed by atoms with Crippen molar-refractivity contribution in [3.05, 3.63) is 5.69 Å². The van der Waals surface area contributed by atoms with E-state index in [4.69, 9.17) is 10.5 Å². The number of nitrogens with one attached hydrogen (secondary N) is 1. The fourth-order valence-electron chi connectivity index (χ4n) is 1.62. The molecule has 17 heavy (non-hydrogen) atoms. The maximum atomic E-state index is 5.99. The number of aromatic nitrogens is 2. The molecule has 5 heteroatoms. The van der Waals surface area contributed by atoms with Crippen LogP contribution in [0.5, 0.6) is 0 Å². The van der Waals surface area contributed by atoms with E-state index in [9.17, 15) is 0 Å². The number of ether oxygens (including phenoxy) is 1. The third kappa shape index (κ3) is 3.93. The summed E-state index contributed by atoms with van der Waals surface area (Å²) >= 11 is 0. The van der Waals surface area contributed by atoms with Crippen molar-refractivity contribution >= 4 is 11.5 Å². The molecule has 0 aromatic carbocycles. The van der Waals surface area contributed by atoms with Crippen molar-refractivity contribution in [1.82, 2.24) is 9.78 Å². The Balaban J connectivity index is 2.56. The molecule has 1 rings (SSSR count). The molecule has 0 saturated heterocycles. The maximum absolute atomic E-state index is 5.99. The van der Waals surface area contributed by atoms with Crippen LogP contribution < -0.4 is 11.1 Å². The van der Waals surface area contributed by atoms with Crippen LogP contribution in [0.15, 0.2) is 0 Å². The summed E-state index contributed by atoms with van der Waals surface area (Å²) in [7, 11) is 0. The topological polar surface area (TPSA) is 65.1 Å². The van der Waals surface area contributed by atoms with Crippen molar-refractivity contribution in [3.8, 4) is 0 Å². The van der Waals surface area contributed by atoms with E-state index in [1.165, 1.54) is 0 Å². The van der Waals surface area contributed by atoms with Gasteiger partial charge in [0.25, 0.3) is 0 Å². The van der Waals surface area contributed by atoms with Crippen molar-refractivity contribution < 1.29 is 4.74 Å². The lowest BCUT2D eigenvalue weighted by atomic mass is 10.4. The Morgan fingerprint density at radius 3 is 2.76 bits per heavy atom. The molecule has 0 amide bonds. The SMILES string of the molecule is CCCn1nc(C)c(N)c1NCCOC(C)C. The summed E-state index contributed by atoms with van der Waals surface area (Å²) < 4.78 is 7.41. The van der Waals surface area contributed by atoms with E-state index < -0.39 is 0 Å². The molecular weight excluding hydrogens is 216 g/mol. The maximum Gasteiger partial charge on any atom is 0.148 e.